The molecule has 0 radical (unpaired) electrons. The average molecular weight is 306 g/mol. The van der Waals surface area contributed by atoms with Crippen molar-refractivity contribution in [3.63, 3.8) is 0 Å². The predicted octanol–water partition coefficient (Wildman–Crippen LogP) is 6.50. The summed E-state index contributed by atoms with van der Waals surface area (Å²) in [6.45, 7) is 4.81. The lowest BCUT2D eigenvalue weighted by molar-refractivity contribution is -0.155. The molecule has 6 heteroatoms. The van der Waals surface area contributed by atoms with E-state index in [9.17, 15) is 26.3 Å². The molecule has 0 aliphatic heterocycles. The first-order valence-corrected chi connectivity index (χ1v) is 6.98. The summed E-state index contributed by atoms with van der Waals surface area (Å²) >= 11 is 0. The van der Waals surface area contributed by atoms with E-state index in [1.165, 1.54) is 0 Å². The molecule has 1 atom stereocenters. The molecule has 0 amide bonds. The molecule has 0 aromatic heterocycles. The van der Waals surface area contributed by atoms with Crippen molar-refractivity contribution in [2.75, 3.05) is 0 Å². The van der Waals surface area contributed by atoms with Crippen molar-refractivity contribution in [1.82, 2.24) is 0 Å². The molecule has 20 heavy (non-hydrogen) atoms. The first-order valence-electron chi connectivity index (χ1n) is 6.98. The maximum absolute atomic E-state index is 12.3. The predicted molar refractivity (Wildman–Crippen MR) is 67.4 cm³/mol. The van der Waals surface area contributed by atoms with E-state index in [1.54, 1.807) is 20.8 Å². The van der Waals surface area contributed by atoms with Crippen LogP contribution in [0, 0.1) is 11.3 Å². The lowest BCUT2D eigenvalue weighted by Gasteiger charge is -2.26. The molecule has 1 unspecified atom stereocenters. The monoisotopic (exact) mass is 306 g/mol. The van der Waals surface area contributed by atoms with Gasteiger partial charge >= 0.3 is 12.4 Å². The Balaban J connectivity index is 4.00. The molecule has 0 aliphatic rings. The van der Waals surface area contributed by atoms with E-state index in [1.807, 2.05) is 0 Å². The molecule has 0 nitrogen and oxygen atoms in total. The smallest absolute Gasteiger partial charge is 0.171 e. The molecule has 0 saturated heterocycles. The Morgan fingerprint density at radius 1 is 0.850 bits per heavy atom. The second-order valence-corrected chi connectivity index (χ2v) is 6.30. The van der Waals surface area contributed by atoms with Crippen LogP contribution in [0.25, 0.3) is 0 Å². The Labute approximate surface area is 116 Å². The van der Waals surface area contributed by atoms with Gasteiger partial charge in [0, 0.05) is 12.8 Å². The van der Waals surface area contributed by atoms with Crippen LogP contribution >= 0.6 is 0 Å². The summed E-state index contributed by atoms with van der Waals surface area (Å²) in [5.74, 6) is -0.416. The number of hydrogen-bond donors (Lipinski definition) is 0. The fraction of sp³-hybridized carbons (Fsp3) is 1.00. The van der Waals surface area contributed by atoms with Crippen LogP contribution in [0.15, 0.2) is 0 Å². The van der Waals surface area contributed by atoms with Crippen LogP contribution in [-0.2, 0) is 0 Å². The maximum Gasteiger partial charge on any atom is 0.389 e. The third kappa shape index (κ3) is 11.4. The van der Waals surface area contributed by atoms with Gasteiger partial charge in [0.15, 0.2) is 0 Å². The summed E-state index contributed by atoms with van der Waals surface area (Å²) in [6.07, 6.45) is -7.64. The van der Waals surface area contributed by atoms with Gasteiger partial charge in [-0.15, -0.1) is 0 Å². The SMILES string of the molecule is CCC(CCCCC(C)(C)CC(F)(F)F)CC(F)(F)F. The van der Waals surface area contributed by atoms with E-state index in [0.29, 0.717) is 32.1 Å². The standard InChI is InChI=1S/C14H24F6/c1-4-11(9-13(15,16)17)7-5-6-8-12(2,3)10-14(18,19)20/h11H,4-10H2,1-3H3. The van der Waals surface area contributed by atoms with E-state index in [-0.39, 0.29) is 0 Å². The second-order valence-electron chi connectivity index (χ2n) is 6.30. The molecule has 0 rings (SSSR count). The number of unbranched alkanes of at least 4 members (excludes halogenated alkanes) is 1. The first-order chi connectivity index (χ1) is 8.85. The van der Waals surface area contributed by atoms with E-state index < -0.39 is 36.5 Å². The van der Waals surface area contributed by atoms with Gasteiger partial charge in [-0.05, 0) is 17.8 Å². The molecule has 0 aromatic carbocycles. The molecule has 0 aliphatic carbocycles. The summed E-state index contributed by atoms with van der Waals surface area (Å²) in [4.78, 5) is 0. The van der Waals surface area contributed by atoms with Crippen molar-refractivity contribution in [3.8, 4) is 0 Å². The fourth-order valence-electron chi connectivity index (χ4n) is 2.45. The van der Waals surface area contributed by atoms with Crippen LogP contribution in [0.3, 0.4) is 0 Å². The normalized spacial score (nSPS) is 15.4. The second kappa shape index (κ2) is 7.55. The highest BCUT2D eigenvalue weighted by molar-refractivity contribution is 4.73. The third-order valence-corrected chi connectivity index (χ3v) is 3.49. The molecule has 0 bridgehead atoms. The van der Waals surface area contributed by atoms with Gasteiger partial charge in [-0.3, -0.25) is 0 Å². The zero-order valence-corrected chi connectivity index (χ0v) is 12.3. The summed E-state index contributed by atoms with van der Waals surface area (Å²) in [5.41, 5.74) is -0.843. The van der Waals surface area contributed by atoms with Gasteiger partial charge in [-0.1, -0.05) is 46.5 Å². The van der Waals surface area contributed by atoms with Crippen LogP contribution in [0.1, 0.15) is 65.7 Å². The Kier molecular flexibility index (Phi) is 7.39. The first kappa shape index (κ1) is 19.6. The van der Waals surface area contributed by atoms with Crippen molar-refractivity contribution in [2.24, 2.45) is 11.3 Å². The van der Waals surface area contributed by atoms with Gasteiger partial charge in [-0.25, -0.2) is 0 Å². The van der Waals surface area contributed by atoms with E-state index >= 15 is 0 Å². The van der Waals surface area contributed by atoms with Crippen LogP contribution in [-0.4, -0.2) is 12.4 Å². The highest BCUT2D eigenvalue weighted by Crippen LogP contribution is 2.37. The van der Waals surface area contributed by atoms with Crippen molar-refractivity contribution < 1.29 is 26.3 Å². The molecular weight excluding hydrogens is 282 g/mol. The maximum atomic E-state index is 12.3. The van der Waals surface area contributed by atoms with Gasteiger partial charge in [0.2, 0.25) is 0 Å². The molecule has 0 heterocycles. The highest BCUT2D eigenvalue weighted by atomic mass is 19.4. The molecule has 122 valence electrons. The Hall–Kier alpha value is -0.420. The minimum absolute atomic E-state index is 0.384. The van der Waals surface area contributed by atoms with E-state index in [0.717, 1.165) is 0 Å². The van der Waals surface area contributed by atoms with Gasteiger partial charge in [0.25, 0.3) is 0 Å². The largest absolute Gasteiger partial charge is 0.389 e. The van der Waals surface area contributed by atoms with Gasteiger partial charge in [0.1, 0.15) is 0 Å². The molecule has 0 N–H and O–H groups in total. The summed E-state index contributed by atoms with van der Waals surface area (Å²) in [7, 11) is 0. The van der Waals surface area contributed by atoms with Crippen molar-refractivity contribution in [1.29, 1.82) is 0 Å². The number of alkyl halides is 6. The Morgan fingerprint density at radius 2 is 1.40 bits per heavy atom. The lowest BCUT2D eigenvalue weighted by atomic mass is 9.82. The number of halogens is 6. The van der Waals surface area contributed by atoms with Gasteiger partial charge in [-0.2, -0.15) is 26.3 Å². The topological polar surface area (TPSA) is 0 Å². The number of rotatable bonds is 8. The van der Waals surface area contributed by atoms with Crippen molar-refractivity contribution in [2.45, 2.75) is 78.1 Å². The summed E-state index contributed by atoms with van der Waals surface area (Å²) in [5, 5.41) is 0. The summed E-state index contributed by atoms with van der Waals surface area (Å²) in [6, 6.07) is 0. The minimum atomic E-state index is -4.19. The minimum Gasteiger partial charge on any atom is -0.171 e. The molecule has 0 aromatic rings. The fourth-order valence-corrected chi connectivity index (χ4v) is 2.45. The van der Waals surface area contributed by atoms with Crippen LogP contribution in [0.2, 0.25) is 0 Å². The molecule has 0 fully saturated rings. The molecular formula is C14H24F6. The van der Waals surface area contributed by atoms with Gasteiger partial charge in [0.05, 0.1) is 0 Å². The molecule has 0 spiro atoms. The van der Waals surface area contributed by atoms with E-state index in [4.69, 9.17) is 0 Å². The zero-order valence-electron chi connectivity index (χ0n) is 12.3. The van der Waals surface area contributed by atoms with Crippen LogP contribution < -0.4 is 0 Å². The third-order valence-electron chi connectivity index (χ3n) is 3.49. The average Bonchev–Trinajstić information content (AvgIpc) is 2.17. The van der Waals surface area contributed by atoms with Gasteiger partial charge < -0.3 is 0 Å². The molecule has 0 saturated carbocycles. The van der Waals surface area contributed by atoms with Crippen LogP contribution in [0.5, 0.6) is 0 Å². The zero-order chi connectivity index (χ0) is 16.0. The van der Waals surface area contributed by atoms with E-state index in [2.05, 4.69) is 0 Å². The quantitative estimate of drug-likeness (QED) is 0.354. The summed E-state index contributed by atoms with van der Waals surface area (Å²) < 4.78 is 73.7. The highest BCUT2D eigenvalue weighted by Gasteiger charge is 2.36. The Bertz CT molecular complexity index is 264. The Morgan fingerprint density at radius 3 is 1.80 bits per heavy atom. The lowest BCUT2D eigenvalue weighted by Crippen LogP contribution is -2.22. The number of hydrogen-bond acceptors (Lipinski definition) is 0. The van der Waals surface area contributed by atoms with Crippen molar-refractivity contribution in [3.05, 3.63) is 0 Å². The van der Waals surface area contributed by atoms with Crippen molar-refractivity contribution >= 4 is 0 Å². The van der Waals surface area contributed by atoms with Crippen LogP contribution in [0.4, 0.5) is 26.3 Å².